The number of methoxy groups -OCH3 is 1. The minimum atomic E-state index is -0.289. The first-order valence-electron chi connectivity index (χ1n) is 8.00. The van der Waals surface area contributed by atoms with Gasteiger partial charge in [-0.1, -0.05) is 23.7 Å². The van der Waals surface area contributed by atoms with Crippen molar-refractivity contribution in [2.75, 3.05) is 17.7 Å². The number of amides is 1. The van der Waals surface area contributed by atoms with Crippen molar-refractivity contribution in [1.29, 1.82) is 0 Å². The van der Waals surface area contributed by atoms with Crippen LogP contribution in [-0.4, -0.2) is 18.0 Å². The molecule has 0 bridgehead atoms. The van der Waals surface area contributed by atoms with Gasteiger partial charge in [0.1, 0.15) is 11.4 Å². The zero-order valence-corrected chi connectivity index (χ0v) is 15.2. The van der Waals surface area contributed by atoms with E-state index >= 15 is 0 Å². The van der Waals surface area contributed by atoms with E-state index in [2.05, 4.69) is 15.6 Å². The van der Waals surface area contributed by atoms with Crippen LogP contribution in [0.4, 0.5) is 17.1 Å². The van der Waals surface area contributed by atoms with Crippen molar-refractivity contribution in [2.24, 2.45) is 0 Å². The number of ether oxygens (including phenoxy) is 1. The Labute approximate surface area is 157 Å². The Hall–Kier alpha value is -3.05. The first kappa shape index (κ1) is 17.8. The molecule has 26 heavy (non-hydrogen) atoms. The average molecular weight is 368 g/mol. The lowest BCUT2D eigenvalue weighted by Crippen LogP contribution is -2.13. The molecule has 0 fully saturated rings. The third-order valence-corrected chi connectivity index (χ3v) is 4.19. The third kappa shape index (κ3) is 4.32. The van der Waals surface area contributed by atoms with E-state index in [-0.39, 0.29) is 5.91 Å². The molecular formula is C20H18ClN3O2. The van der Waals surface area contributed by atoms with Crippen molar-refractivity contribution in [1.82, 2.24) is 4.98 Å². The summed E-state index contributed by atoms with van der Waals surface area (Å²) in [5.41, 5.74) is 3.60. The van der Waals surface area contributed by atoms with Crippen LogP contribution in [0.15, 0.2) is 60.8 Å². The number of halogens is 1. The van der Waals surface area contributed by atoms with E-state index < -0.39 is 0 Å². The smallest absolute Gasteiger partial charge is 0.274 e. The molecule has 0 aliphatic rings. The number of anilines is 3. The topological polar surface area (TPSA) is 63.2 Å². The highest BCUT2D eigenvalue weighted by atomic mass is 35.5. The number of aryl methyl sites for hydroxylation is 1. The van der Waals surface area contributed by atoms with E-state index in [1.807, 2.05) is 37.3 Å². The Morgan fingerprint density at radius 1 is 1.04 bits per heavy atom. The monoisotopic (exact) mass is 367 g/mol. The Kier molecular flexibility index (Phi) is 5.39. The van der Waals surface area contributed by atoms with E-state index in [0.29, 0.717) is 22.2 Å². The van der Waals surface area contributed by atoms with Crippen molar-refractivity contribution >= 4 is 34.6 Å². The van der Waals surface area contributed by atoms with Gasteiger partial charge in [-0.3, -0.25) is 4.79 Å². The van der Waals surface area contributed by atoms with Crippen LogP contribution in [0.3, 0.4) is 0 Å². The number of nitrogens with zero attached hydrogens (tertiary/aromatic N) is 1. The molecule has 3 aromatic rings. The van der Waals surface area contributed by atoms with Crippen LogP contribution in [-0.2, 0) is 0 Å². The van der Waals surface area contributed by atoms with Gasteiger partial charge < -0.3 is 15.4 Å². The second kappa shape index (κ2) is 7.89. The maximum atomic E-state index is 12.3. The molecule has 0 aliphatic carbocycles. The van der Waals surface area contributed by atoms with Gasteiger partial charge in [-0.25, -0.2) is 4.98 Å². The largest absolute Gasteiger partial charge is 0.497 e. The number of nitrogens with one attached hydrogen (secondary N) is 2. The first-order chi connectivity index (χ1) is 12.5. The van der Waals surface area contributed by atoms with Crippen LogP contribution < -0.4 is 15.4 Å². The standard InChI is InChI=1S/C20H18ClN3O2/c1-13-6-7-15(11-18(13)21)23-16-8-9-19(22-12-16)20(25)24-14-4-3-5-17(10-14)26-2/h3-12,23H,1-2H3,(H,24,25). The van der Waals surface area contributed by atoms with Crippen LogP contribution >= 0.6 is 11.6 Å². The van der Waals surface area contributed by atoms with Crippen molar-refractivity contribution in [3.8, 4) is 5.75 Å². The highest BCUT2D eigenvalue weighted by molar-refractivity contribution is 6.31. The summed E-state index contributed by atoms with van der Waals surface area (Å²) < 4.78 is 5.15. The third-order valence-electron chi connectivity index (χ3n) is 3.78. The average Bonchev–Trinajstić information content (AvgIpc) is 2.65. The summed E-state index contributed by atoms with van der Waals surface area (Å²) in [5, 5.41) is 6.70. The molecule has 1 aromatic heterocycles. The Morgan fingerprint density at radius 2 is 1.85 bits per heavy atom. The molecule has 0 saturated heterocycles. The molecule has 0 radical (unpaired) electrons. The minimum absolute atomic E-state index is 0.289. The molecule has 0 unspecified atom stereocenters. The van der Waals surface area contributed by atoms with Crippen molar-refractivity contribution < 1.29 is 9.53 Å². The van der Waals surface area contributed by atoms with Crippen LogP contribution in [0.2, 0.25) is 5.02 Å². The highest BCUT2D eigenvalue weighted by Crippen LogP contribution is 2.23. The van der Waals surface area contributed by atoms with Crippen molar-refractivity contribution in [3.63, 3.8) is 0 Å². The van der Waals surface area contributed by atoms with Gasteiger partial charge in [0.25, 0.3) is 5.91 Å². The van der Waals surface area contributed by atoms with Crippen LogP contribution in [0.5, 0.6) is 5.75 Å². The van der Waals surface area contributed by atoms with Crippen LogP contribution in [0.25, 0.3) is 0 Å². The van der Waals surface area contributed by atoms with Gasteiger partial charge in [0.05, 0.1) is 19.0 Å². The summed E-state index contributed by atoms with van der Waals surface area (Å²) in [7, 11) is 1.58. The molecule has 0 saturated carbocycles. The SMILES string of the molecule is COc1cccc(NC(=O)c2ccc(Nc3ccc(C)c(Cl)c3)cn2)c1. The minimum Gasteiger partial charge on any atom is -0.497 e. The Balaban J connectivity index is 1.68. The molecule has 6 heteroatoms. The van der Waals surface area contributed by atoms with Gasteiger partial charge in [0, 0.05) is 22.5 Å². The molecule has 5 nitrogen and oxygen atoms in total. The fourth-order valence-corrected chi connectivity index (χ4v) is 2.52. The lowest BCUT2D eigenvalue weighted by Gasteiger charge is -2.09. The van der Waals surface area contributed by atoms with Gasteiger partial charge in [-0.15, -0.1) is 0 Å². The van der Waals surface area contributed by atoms with E-state index in [9.17, 15) is 4.79 Å². The zero-order valence-electron chi connectivity index (χ0n) is 14.4. The van der Waals surface area contributed by atoms with Gasteiger partial charge in [0.15, 0.2) is 0 Å². The summed E-state index contributed by atoms with van der Waals surface area (Å²) in [6.45, 7) is 1.95. The number of carbonyl (C=O) groups excluding carboxylic acids is 1. The predicted octanol–water partition coefficient (Wildman–Crippen LogP) is 5.05. The fourth-order valence-electron chi connectivity index (χ4n) is 2.34. The molecule has 132 valence electrons. The number of hydrogen-bond donors (Lipinski definition) is 2. The van der Waals surface area contributed by atoms with Gasteiger partial charge >= 0.3 is 0 Å². The molecule has 2 aromatic carbocycles. The van der Waals surface area contributed by atoms with E-state index in [0.717, 1.165) is 16.9 Å². The normalized spacial score (nSPS) is 10.3. The second-order valence-electron chi connectivity index (χ2n) is 5.71. The molecule has 1 amide bonds. The van der Waals surface area contributed by atoms with Gasteiger partial charge in [-0.2, -0.15) is 0 Å². The van der Waals surface area contributed by atoms with Gasteiger partial charge in [0.2, 0.25) is 0 Å². The van der Waals surface area contributed by atoms with E-state index in [1.54, 1.807) is 37.6 Å². The first-order valence-corrected chi connectivity index (χ1v) is 8.37. The number of benzene rings is 2. The summed E-state index contributed by atoms with van der Waals surface area (Å²) in [4.78, 5) is 16.5. The number of carbonyl (C=O) groups is 1. The van der Waals surface area contributed by atoms with Crippen LogP contribution in [0.1, 0.15) is 16.1 Å². The maximum absolute atomic E-state index is 12.3. The summed E-state index contributed by atoms with van der Waals surface area (Å²) in [6.07, 6.45) is 1.61. The van der Waals surface area contributed by atoms with E-state index in [4.69, 9.17) is 16.3 Å². The molecule has 0 atom stereocenters. The quantitative estimate of drug-likeness (QED) is 0.662. The van der Waals surface area contributed by atoms with Crippen LogP contribution in [0, 0.1) is 6.92 Å². The lowest BCUT2D eigenvalue weighted by atomic mass is 10.2. The number of hydrogen-bond acceptors (Lipinski definition) is 4. The Bertz CT molecular complexity index is 927. The zero-order chi connectivity index (χ0) is 18.5. The maximum Gasteiger partial charge on any atom is 0.274 e. The molecule has 1 heterocycles. The number of aromatic nitrogens is 1. The predicted molar refractivity (Wildman–Crippen MR) is 105 cm³/mol. The van der Waals surface area contributed by atoms with Gasteiger partial charge in [-0.05, 0) is 48.9 Å². The lowest BCUT2D eigenvalue weighted by molar-refractivity contribution is 0.102. The second-order valence-corrected chi connectivity index (χ2v) is 6.11. The summed E-state index contributed by atoms with van der Waals surface area (Å²) >= 11 is 6.13. The number of rotatable bonds is 5. The fraction of sp³-hybridized carbons (Fsp3) is 0.100. The molecule has 0 spiro atoms. The van der Waals surface area contributed by atoms with Crippen molar-refractivity contribution in [3.05, 3.63) is 77.1 Å². The van der Waals surface area contributed by atoms with E-state index in [1.165, 1.54) is 0 Å². The molecular weight excluding hydrogens is 350 g/mol. The summed E-state index contributed by atoms with van der Waals surface area (Å²) in [5.74, 6) is 0.384. The molecule has 2 N–H and O–H groups in total. The van der Waals surface area contributed by atoms with Crippen molar-refractivity contribution in [2.45, 2.75) is 6.92 Å². The summed E-state index contributed by atoms with van der Waals surface area (Å²) in [6, 6.07) is 16.3. The Morgan fingerprint density at radius 3 is 2.54 bits per heavy atom. The molecule has 0 aliphatic heterocycles. The number of pyridine rings is 1. The highest BCUT2D eigenvalue weighted by Gasteiger charge is 2.08. The molecule has 3 rings (SSSR count).